The maximum atomic E-state index is 10.7. The van der Waals surface area contributed by atoms with Gasteiger partial charge in [0.2, 0.25) is 0 Å². The van der Waals surface area contributed by atoms with Crippen LogP contribution in [0, 0.1) is 0 Å². The minimum Gasteiger partial charge on any atom is -0.497 e. The number of esters is 1. The van der Waals surface area contributed by atoms with Crippen LogP contribution in [0.15, 0.2) is 36.4 Å². The van der Waals surface area contributed by atoms with Gasteiger partial charge in [-0.3, -0.25) is 4.79 Å². The lowest BCUT2D eigenvalue weighted by molar-refractivity contribution is -0.143. The summed E-state index contributed by atoms with van der Waals surface area (Å²) >= 11 is 0. The summed E-state index contributed by atoms with van der Waals surface area (Å²) in [7, 11) is 1.60. The van der Waals surface area contributed by atoms with Gasteiger partial charge in [0, 0.05) is 6.92 Å². The average Bonchev–Trinajstić information content (AvgIpc) is 2.77. The molecule has 1 N–H and O–H groups in total. The van der Waals surface area contributed by atoms with Crippen LogP contribution in [0.3, 0.4) is 0 Å². The van der Waals surface area contributed by atoms with Gasteiger partial charge in [-0.1, -0.05) is 5.59 Å². The molecule has 6 nitrogen and oxygen atoms in total. The second-order valence-electron chi connectivity index (χ2n) is 3.30. The molecule has 2 rings (SSSR count). The van der Waals surface area contributed by atoms with Crippen molar-refractivity contribution in [2.45, 2.75) is 6.92 Å². The number of carbonyl (C=O) groups is 1. The maximum Gasteiger partial charge on any atom is 0.327 e. The largest absolute Gasteiger partial charge is 0.497 e. The predicted octanol–water partition coefficient (Wildman–Crippen LogP) is 1.31. The van der Waals surface area contributed by atoms with Gasteiger partial charge in [0.1, 0.15) is 11.9 Å². The van der Waals surface area contributed by atoms with Crippen LogP contribution < -0.4 is 15.3 Å². The second kappa shape index (κ2) is 4.75. The minimum atomic E-state index is -0.436. The predicted molar refractivity (Wildman–Crippen MR) is 59.5 cm³/mol. The van der Waals surface area contributed by atoms with Gasteiger partial charge in [-0.05, 0) is 24.3 Å². The SMILES string of the molecule is COc1ccc(N2C=C(OC(C)=O)ON2)cc1. The monoisotopic (exact) mass is 236 g/mol. The van der Waals surface area contributed by atoms with Crippen LogP contribution in [0.2, 0.25) is 0 Å². The summed E-state index contributed by atoms with van der Waals surface area (Å²) in [4.78, 5) is 15.7. The summed E-state index contributed by atoms with van der Waals surface area (Å²) in [6.45, 7) is 1.31. The van der Waals surface area contributed by atoms with E-state index in [0.29, 0.717) is 0 Å². The van der Waals surface area contributed by atoms with E-state index >= 15 is 0 Å². The molecule has 1 heterocycles. The zero-order valence-corrected chi connectivity index (χ0v) is 9.47. The molecule has 0 fully saturated rings. The highest BCUT2D eigenvalue weighted by atomic mass is 16.8. The first-order valence-electron chi connectivity index (χ1n) is 4.95. The Morgan fingerprint density at radius 1 is 1.35 bits per heavy atom. The van der Waals surface area contributed by atoms with Crippen LogP contribution in [0.1, 0.15) is 6.92 Å². The molecule has 0 aliphatic carbocycles. The molecule has 0 atom stereocenters. The number of hydrogen-bond acceptors (Lipinski definition) is 6. The van der Waals surface area contributed by atoms with E-state index in [1.165, 1.54) is 13.1 Å². The van der Waals surface area contributed by atoms with Crippen molar-refractivity contribution in [2.75, 3.05) is 12.1 Å². The van der Waals surface area contributed by atoms with Gasteiger partial charge in [-0.25, -0.2) is 5.01 Å². The molecule has 0 amide bonds. The van der Waals surface area contributed by atoms with E-state index in [9.17, 15) is 4.79 Å². The van der Waals surface area contributed by atoms with Crippen LogP contribution in [0.25, 0.3) is 0 Å². The van der Waals surface area contributed by atoms with Crippen molar-refractivity contribution in [1.82, 2.24) is 5.59 Å². The van der Waals surface area contributed by atoms with Gasteiger partial charge >= 0.3 is 11.9 Å². The molecule has 0 unspecified atom stereocenters. The lowest BCUT2D eigenvalue weighted by Gasteiger charge is -2.13. The highest BCUT2D eigenvalue weighted by Gasteiger charge is 2.17. The fraction of sp³-hybridized carbons (Fsp3) is 0.182. The molecule has 17 heavy (non-hydrogen) atoms. The Morgan fingerprint density at radius 3 is 2.65 bits per heavy atom. The molecule has 0 aromatic heterocycles. The normalized spacial score (nSPS) is 14.0. The number of ether oxygens (including phenoxy) is 2. The summed E-state index contributed by atoms with van der Waals surface area (Å²) in [6, 6.07) is 7.30. The molecule has 0 radical (unpaired) electrons. The van der Waals surface area contributed by atoms with Gasteiger partial charge in [0.15, 0.2) is 0 Å². The summed E-state index contributed by atoms with van der Waals surface area (Å²) in [5.41, 5.74) is 3.42. The Bertz CT molecular complexity index is 441. The third-order valence-electron chi connectivity index (χ3n) is 2.07. The smallest absolute Gasteiger partial charge is 0.327 e. The summed E-state index contributed by atoms with van der Waals surface area (Å²) in [5, 5.41) is 1.58. The van der Waals surface area contributed by atoms with Gasteiger partial charge in [0.25, 0.3) is 0 Å². The number of rotatable bonds is 3. The van der Waals surface area contributed by atoms with Gasteiger partial charge < -0.3 is 14.3 Å². The molecule has 0 spiro atoms. The Kier molecular flexibility index (Phi) is 3.15. The zero-order valence-electron chi connectivity index (χ0n) is 9.47. The fourth-order valence-corrected chi connectivity index (χ4v) is 1.31. The average molecular weight is 236 g/mol. The van der Waals surface area contributed by atoms with Crippen molar-refractivity contribution in [2.24, 2.45) is 0 Å². The first-order chi connectivity index (χ1) is 8.19. The van der Waals surface area contributed by atoms with E-state index < -0.39 is 5.97 Å². The van der Waals surface area contributed by atoms with Crippen LogP contribution in [-0.2, 0) is 14.4 Å². The summed E-state index contributed by atoms with van der Waals surface area (Å²) < 4.78 is 9.83. The maximum absolute atomic E-state index is 10.7. The van der Waals surface area contributed by atoms with Gasteiger partial charge in [-0.15, -0.1) is 0 Å². The summed E-state index contributed by atoms with van der Waals surface area (Å²) in [6.07, 6.45) is 1.53. The molecular formula is C11H12N2O4. The van der Waals surface area contributed by atoms with Crippen molar-refractivity contribution in [3.8, 4) is 5.75 Å². The minimum absolute atomic E-state index is 0.105. The Hall–Kier alpha value is -2.21. The first kappa shape index (κ1) is 11.3. The van der Waals surface area contributed by atoms with Gasteiger partial charge in [0.05, 0.1) is 12.8 Å². The molecule has 0 saturated carbocycles. The molecule has 0 saturated heterocycles. The summed E-state index contributed by atoms with van der Waals surface area (Å²) in [5.74, 6) is 0.431. The van der Waals surface area contributed by atoms with Crippen molar-refractivity contribution in [3.63, 3.8) is 0 Å². The molecule has 1 aromatic carbocycles. The van der Waals surface area contributed by atoms with Crippen LogP contribution in [-0.4, -0.2) is 13.1 Å². The molecule has 1 aliphatic heterocycles. The number of carbonyl (C=O) groups excluding carboxylic acids is 1. The Labute approximate surface area is 98.3 Å². The highest BCUT2D eigenvalue weighted by molar-refractivity contribution is 5.67. The molecule has 0 bridgehead atoms. The third-order valence-corrected chi connectivity index (χ3v) is 2.07. The number of hydrazine groups is 1. The van der Waals surface area contributed by atoms with E-state index in [0.717, 1.165) is 11.4 Å². The van der Waals surface area contributed by atoms with Crippen molar-refractivity contribution in [3.05, 3.63) is 36.4 Å². The van der Waals surface area contributed by atoms with Crippen LogP contribution in [0.4, 0.5) is 5.69 Å². The first-order valence-corrected chi connectivity index (χ1v) is 4.95. The number of nitrogens with one attached hydrogen (secondary N) is 1. The number of hydrogen-bond donors (Lipinski definition) is 1. The quantitative estimate of drug-likeness (QED) is 0.798. The van der Waals surface area contributed by atoms with Crippen molar-refractivity contribution >= 4 is 11.7 Å². The zero-order chi connectivity index (χ0) is 12.3. The Morgan fingerprint density at radius 2 is 2.06 bits per heavy atom. The topological polar surface area (TPSA) is 60.0 Å². The molecule has 1 aromatic rings. The molecule has 90 valence electrons. The molecule has 1 aliphatic rings. The standard InChI is InChI=1S/C11H12N2O4/c1-8(14)16-11-7-13(12-17-11)9-3-5-10(15-2)6-4-9/h3-7,12H,1-2H3. The van der Waals surface area contributed by atoms with E-state index in [4.69, 9.17) is 14.3 Å². The number of anilines is 1. The number of nitrogens with zero attached hydrogens (tertiary/aromatic N) is 1. The van der Waals surface area contributed by atoms with Crippen LogP contribution in [0.5, 0.6) is 5.75 Å². The van der Waals surface area contributed by atoms with E-state index in [1.54, 1.807) is 12.1 Å². The third kappa shape index (κ3) is 2.67. The van der Waals surface area contributed by atoms with Crippen molar-refractivity contribution < 1.29 is 19.1 Å². The number of benzene rings is 1. The second-order valence-corrected chi connectivity index (χ2v) is 3.30. The lowest BCUT2D eigenvalue weighted by Crippen LogP contribution is -2.26. The lowest BCUT2D eigenvalue weighted by atomic mass is 10.3. The van der Waals surface area contributed by atoms with Gasteiger partial charge in [-0.2, -0.15) is 0 Å². The fourth-order valence-electron chi connectivity index (χ4n) is 1.31. The van der Waals surface area contributed by atoms with E-state index in [2.05, 4.69) is 5.59 Å². The Balaban J connectivity index is 2.08. The molecular weight excluding hydrogens is 224 g/mol. The molecule has 6 heteroatoms. The van der Waals surface area contributed by atoms with Crippen LogP contribution >= 0.6 is 0 Å². The van der Waals surface area contributed by atoms with E-state index in [1.807, 2.05) is 24.3 Å². The van der Waals surface area contributed by atoms with E-state index in [-0.39, 0.29) is 5.95 Å². The van der Waals surface area contributed by atoms with Crippen molar-refractivity contribution in [1.29, 1.82) is 0 Å². The highest BCUT2D eigenvalue weighted by Crippen LogP contribution is 2.21. The number of methoxy groups -OCH3 is 1.